The average Bonchev–Trinajstić information content (AvgIpc) is 3.22. The first kappa shape index (κ1) is 19.9. The SMILES string of the molecule is Cn1cc2nc(Nc3sc(-c4ccc(C(C)(C)O)cc4)cc3C(N)=O)ccc2c1O. The molecule has 0 saturated carbocycles. The van der Waals surface area contributed by atoms with E-state index in [1.807, 2.05) is 24.3 Å². The molecule has 7 nitrogen and oxygen atoms in total. The molecule has 8 heteroatoms. The smallest absolute Gasteiger partial charge is 0.251 e. The van der Waals surface area contributed by atoms with Crippen molar-refractivity contribution in [1.82, 2.24) is 9.55 Å². The first-order valence-corrected chi connectivity index (χ1v) is 10.1. The monoisotopic (exact) mass is 422 g/mol. The highest BCUT2D eigenvalue weighted by molar-refractivity contribution is 7.19. The minimum atomic E-state index is -0.921. The van der Waals surface area contributed by atoms with Crippen molar-refractivity contribution in [3.8, 4) is 16.3 Å². The van der Waals surface area contributed by atoms with Crippen LogP contribution < -0.4 is 11.1 Å². The molecule has 3 heterocycles. The molecule has 0 radical (unpaired) electrons. The van der Waals surface area contributed by atoms with Gasteiger partial charge >= 0.3 is 0 Å². The minimum absolute atomic E-state index is 0.148. The largest absolute Gasteiger partial charge is 0.494 e. The van der Waals surface area contributed by atoms with Gasteiger partial charge in [0.05, 0.1) is 22.1 Å². The lowest BCUT2D eigenvalue weighted by Crippen LogP contribution is -2.14. The van der Waals surface area contributed by atoms with Crippen LogP contribution in [-0.4, -0.2) is 25.7 Å². The van der Waals surface area contributed by atoms with Gasteiger partial charge in [0, 0.05) is 18.1 Å². The van der Waals surface area contributed by atoms with E-state index in [0.717, 1.165) is 16.0 Å². The number of thiophene rings is 1. The Hall–Kier alpha value is -3.36. The van der Waals surface area contributed by atoms with Gasteiger partial charge in [0.2, 0.25) is 0 Å². The van der Waals surface area contributed by atoms with E-state index >= 15 is 0 Å². The van der Waals surface area contributed by atoms with E-state index in [0.29, 0.717) is 27.3 Å². The van der Waals surface area contributed by atoms with Gasteiger partial charge in [-0.3, -0.25) is 4.79 Å². The molecule has 5 N–H and O–H groups in total. The molecule has 0 bridgehead atoms. The van der Waals surface area contributed by atoms with Crippen molar-refractivity contribution in [3.05, 3.63) is 59.8 Å². The highest BCUT2D eigenvalue weighted by Crippen LogP contribution is 2.38. The van der Waals surface area contributed by atoms with Crippen LogP contribution in [0.5, 0.6) is 5.88 Å². The van der Waals surface area contributed by atoms with Crippen molar-refractivity contribution in [1.29, 1.82) is 0 Å². The summed E-state index contributed by atoms with van der Waals surface area (Å²) >= 11 is 1.39. The third kappa shape index (κ3) is 3.62. The average molecular weight is 423 g/mol. The number of anilines is 2. The number of aliphatic hydroxyl groups is 1. The zero-order valence-corrected chi connectivity index (χ0v) is 17.6. The Morgan fingerprint density at radius 2 is 1.90 bits per heavy atom. The van der Waals surface area contributed by atoms with Gasteiger partial charge in [-0.05, 0) is 43.2 Å². The number of amides is 1. The Kier molecular flexibility index (Phi) is 4.76. The quantitative estimate of drug-likeness (QED) is 0.387. The van der Waals surface area contributed by atoms with Crippen LogP contribution in [0.15, 0.2) is 48.7 Å². The van der Waals surface area contributed by atoms with Crippen molar-refractivity contribution >= 4 is 39.0 Å². The Morgan fingerprint density at radius 1 is 1.20 bits per heavy atom. The lowest BCUT2D eigenvalue weighted by Gasteiger charge is -2.17. The van der Waals surface area contributed by atoms with Crippen LogP contribution in [0.1, 0.15) is 29.8 Å². The number of hydrogen-bond acceptors (Lipinski definition) is 6. The van der Waals surface area contributed by atoms with Crippen LogP contribution in [-0.2, 0) is 12.6 Å². The molecule has 0 aliphatic heterocycles. The fraction of sp³-hybridized carbons (Fsp3) is 0.182. The number of aromatic hydroxyl groups is 1. The number of nitrogens with one attached hydrogen (secondary N) is 1. The van der Waals surface area contributed by atoms with E-state index in [9.17, 15) is 15.0 Å². The summed E-state index contributed by atoms with van der Waals surface area (Å²) in [5.74, 6) is 0.155. The van der Waals surface area contributed by atoms with E-state index in [4.69, 9.17) is 5.73 Å². The topological polar surface area (TPSA) is 113 Å². The van der Waals surface area contributed by atoms with E-state index < -0.39 is 11.5 Å². The Morgan fingerprint density at radius 3 is 2.53 bits per heavy atom. The summed E-state index contributed by atoms with van der Waals surface area (Å²) < 4.78 is 1.59. The molecule has 1 amide bonds. The molecule has 154 valence electrons. The number of aromatic nitrogens is 2. The molecular weight excluding hydrogens is 400 g/mol. The van der Waals surface area contributed by atoms with E-state index in [1.54, 1.807) is 49.9 Å². The number of benzene rings is 1. The highest BCUT2D eigenvalue weighted by Gasteiger charge is 2.18. The van der Waals surface area contributed by atoms with Crippen LogP contribution >= 0.6 is 11.3 Å². The van der Waals surface area contributed by atoms with Crippen molar-refractivity contribution in [2.45, 2.75) is 19.4 Å². The van der Waals surface area contributed by atoms with Gasteiger partial charge in [0.1, 0.15) is 10.8 Å². The van der Waals surface area contributed by atoms with Crippen LogP contribution in [0.3, 0.4) is 0 Å². The molecule has 3 aromatic heterocycles. The number of carbonyl (C=O) groups excluding carboxylic acids is 1. The zero-order valence-electron chi connectivity index (χ0n) is 16.8. The number of rotatable bonds is 5. The highest BCUT2D eigenvalue weighted by atomic mass is 32.1. The molecule has 4 rings (SSSR count). The third-order valence-corrected chi connectivity index (χ3v) is 6.03. The maximum Gasteiger partial charge on any atom is 0.251 e. The summed E-state index contributed by atoms with van der Waals surface area (Å²) in [6.07, 6.45) is 1.73. The molecule has 0 aliphatic rings. The van der Waals surface area contributed by atoms with Crippen LogP contribution in [0, 0.1) is 0 Å². The molecule has 0 fully saturated rings. The number of pyridine rings is 1. The molecular formula is C22H22N4O3S. The minimum Gasteiger partial charge on any atom is -0.494 e. The Labute approximate surface area is 177 Å². The standard InChI is InChI=1S/C22H22N4O3S/c1-22(2,29)13-6-4-12(5-7-13)17-10-15(19(23)27)20(30-17)25-18-9-8-14-16(24-18)11-26(3)21(14)28/h4-11,28-29H,1-3H3,(H2,23,27)(H,24,25). The summed E-state index contributed by atoms with van der Waals surface area (Å²) in [6, 6.07) is 12.8. The van der Waals surface area contributed by atoms with Crippen molar-refractivity contribution in [2.75, 3.05) is 5.32 Å². The number of nitrogens with zero attached hydrogens (tertiary/aromatic N) is 2. The fourth-order valence-electron chi connectivity index (χ4n) is 3.23. The lowest BCUT2D eigenvalue weighted by atomic mass is 9.97. The predicted molar refractivity (Wildman–Crippen MR) is 119 cm³/mol. The summed E-state index contributed by atoms with van der Waals surface area (Å²) in [7, 11) is 1.74. The maximum atomic E-state index is 12.0. The van der Waals surface area contributed by atoms with Gasteiger partial charge in [-0.25, -0.2) is 4.98 Å². The molecule has 0 saturated heterocycles. The summed E-state index contributed by atoms with van der Waals surface area (Å²) in [6.45, 7) is 3.47. The molecule has 0 aliphatic carbocycles. The Balaban J connectivity index is 1.68. The number of nitrogens with two attached hydrogens (primary N) is 1. The molecule has 0 unspecified atom stereocenters. The van der Waals surface area contributed by atoms with Crippen molar-refractivity contribution in [2.24, 2.45) is 12.8 Å². The Bertz CT molecular complexity index is 1250. The molecule has 30 heavy (non-hydrogen) atoms. The van der Waals surface area contributed by atoms with Crippen LogP contribution in [0.25, 0.3) is 21.3 Å². The number of hydrogen-bond donors (Lipinski definition) is 4. The fourth-order valence-corrected chi connectivity index (χ4v) is 4.31. The number of primary amides is 1. The summed E-state index contributed by atoms with van der Waals surface area (Å²) in [4.78, 5) is 17.4. The number of carbonyl (C=O) groups is 1. The van der Waals surface area contributed by atoms with Gasteiger partial charge in [-0.15, -0.1) is 11.3 Å². The molecule has 1 aromatic carbocycles. The maximum absolute atomic E-state index is 12.0. The van der Waals surface area contributed by atoms with E-state index in [1.165, 1.54) is 11.3 Å². The second kappa shape index (κ2) is 7.16. The number of fused-ring (bicyclic) bond motifs is 1. The molecule has 0 atom stereocenters. The van der Waals surface area contributed by atoms with Gasteiger partial charge in [-0.1, -0.05) is 24.3 Å². The lowest BCUT2D eigenvalue weighted by molar-refractivity contribution is 0.0786. The predicted octanol–water partition coefficient (Wildman–Crippen LogP) is 4.08. The third-order valence-electron chi connectivity index (χ3n) is 4.93. The first-order valence-electron chi connectivity index (χ1n) is 9.32. The first-order chi connectivity index (χ1) is 14.1. The zero-order chi connectivity index (χ0) is 21.6. The van der Waals surface area contributed by atoms with Crippen molar-refractivity contribution < 1.29 is 15.0 Å². The molecule has 4 aromatic rings. The van der Waals surface area contributed by atoms with Gasteiger partial charge in [0.25, 0.3) is 5.91 Å². The second-order valence-electron chi connectivity index (χ2n) is 7.67. The van der Waals surface area contributed by atoms with E-state index in [-0.39, 0.29) is 5.88 Å². The normalized spacial score (nSPS) is 11.7. The van der Waals surface area contributed by atoms with Gasteiger partial charge in [0.15, 0.2) is 5.88 Å². The van der Waals surface area contributed by atoms with E-state index in [2.05, 4.69) is 10.3 Å². The summed E-state index contributed by atoms with van der Waals surface area (Å²) in [5, 5.41) is 24.6. The van der Waals surface area contributed by atoms with Crippen LogP contribution in [0.2, 0.25) is 0 Å². The number of aryl methyl sites for hydroxylation is 1. The van der Waals surface area contributed by atoms with Gasteiger partial charge < -0.3 is 25.8 Å². The second-order valence-corrected chi connectivity index (χ2v) is 8.72. The van der Waals surface area contributed by atoms with Gasteiger partial charge in [-0.2, -0.15) is 0 Å². The van der Waals surface area contributed by atoms with Crippen molar-refractivity contribution in [3.63, 3.8) is 0 Å². The van der Waals surface area contributed by atoms with Crippen LogP contribution in [0.4, 0.5) is 10.8 Å². The molecule has 0 spiro atoms. The summed E-state index contributed by atoms with van der Waals surface area (Å²) in [5.41, 5.74) is 7.41.